The topological polar surface area (TPSA) is 56.5 Å². The first-order chi connectivity index (χ1) is 26.3. The minimum absolute atomic E-state index is 0.628. The van der Waals surface area contributed by atoms with Gasteiger partial charge in [-0.25, -0.2) is 19.9 Å². The lowest BCUT2D eigenvalue weighted by molar-refractivity contribution is 1.07. The summed E-state index contributed by atoms with van der Waals surface area (Å²) in [7, 11) is 0. The van der Waals surface area contributed by atoms with E-state index < -0.39 is 0 Å². The van der Waals surface area contributed by atoms with Crippen LogP contribution in [0.3, 0.4) is 0 Å². The summed E-state index contributed by atoms with van der Waals surface area (Å²) in [6.45, 7) is 0. The molecule has 0 saturated heterocycles. The zero-order valence-corrected chi connectivity index (χ0v) is 29.8. The van der Waals surface area contributed by atoms with Crippen LogP contribution in [0.1, 0.15) is 0 Å². The fourth-order valence-electron chi connectivity index (χ4n) is 7.52. The molecule has 0 aliphatic carbocycles. The van der Waals surface area contributed by atoms with Crippen LogP contribution in [0.5, 0.6) is 0 Å². The molecule has 4 heterocycles. The van der Waals surface area contributed by atoms with Crippen LogP contribution in [0.2, 0.25) is 0 Å². The lowest BCUT2D eigenvalue weighted by Gasteiger charge is -2.12. The molecule has 0 saturated carbocycles. The van der Waals surface area contributed by atoms with Crippen molar-refractivity contribution in [3.8, 4) is 50.4 Å². The van der Waals surface area contributed by atoms with E-state index in [1.54, 1.807) is 22.7 Å². The van der Waals surface area contributed by atoms with Crippen LogP contribution in [0.4, 0.5) is 0 Å². The third-order valence-electron chi connectivity index (χ3n) is 9.90. The summed E-state index contributed by atoms with van der Waals surface area (Å²) in [5, 5.41) is 5.80. The molecule has 0 atom stereocenters. The first-order valence-corrected chi connectivity index (χ1v) is 19.1. The van der Waals surface area contributed by atoms with Crippen molar-refractivity contribution in [2.45, 2.75) is 0 Å². The van der Waals surface area contributed by atoms with Gasteiger partial charge in [0.15, 0.2) is 17.5 Å². The highest BCUT2D eigenvalue weighted by molar-refractivity contribution is 7.27. The largest absolute Gasteiger partial charge is 0.309 e. The number of rotatable bonds is 5. The molecule has 0 unspecified atom stereocenters. The molecular formula is C46H27N5S2. The summed E-state index contributed by atoms with van der Waals surface area (Å²) in [4.78, 5) is 20.6. The number of thiazole rings is 1. The molecule has 5 nitrogen and oxygen atoms in total. The molecule has 4 aromatic heterocycles. The monoisotopic (exact) mass is 713 g/mol. The Hall–Kier alpha value is -6.54. The number of thiophene rings is 1. The summed E-state index contributed by atoms with van der Waals surface area (Å²) >= 11 is 3.53. The van der Waals surface area contributed by atoms with Gasteiger partial charge in [0.05, 0.1) is 21.3 Å². The Labute approximate surface area is 312 Å². The molecule has 0 radical (unpaired) electrons. The van der Waals surface area contributed by atoms with E-state index in [2.05, 4.69) is 144 Å². The van der Waals surface area contributed by atoms with Crippen molar-refractivity contribution in [1.82, 2.24) is 24.5 Å². The van der Waals surface area contributed by atoms with E-state index in [-0.39, 0.29) is 0 Å². The molecule has 0 aliphatic heterocycles. The fourth-order valence-corrected chi connectivity index (χ4v) is 9.82. The summed E-state index contributed by atoms with van der Waals surface area (Å²) in [6.07, 6.45) is 0. The highest BCUT2D eigenvalue weighted by Crippen LogP contribution is 2.45. The Balaban J connectivity index is 1.12. The highest BCUT2D eigenvalue weighted by atomic mass is 32.1. The van der Waals surface area contributed by atoms with Crippen molar-refractivity contribution in [1.29, 1.82) is 0 Å². The third-order valence-corrected chi connectivity index (χ3v) is 12.2. The van der Waals surface area contributed by atoms with Gasteiger partial charge in [0, 0.05) is 58.9 Å². The number of hydrogen-bond acceptors (Lipinski definition) is 6. The molecule has 0 N–H and O–H groups in total. The smallest absolute Gasteiger partial charge is 0.164 e. The lowest BCUT2D eigenvalue weighted by atomic mass is 10.0. The van der Waals surface area contributed by atoms with Crippen molar-refractivity contribution in [2.24, 2.45) is 0 Å². The van der Waals surface area contributed by atoms with Gasteiger partial charge < -0.3 is 4.57 Å². The summed E-state index contributed by atoms with van der Waals surface area (Å²) in [6, 6.07) is 57.2. The van der Waals surface area contributed by atoms with Crippen LogP contribution in [-0.4, -0.2) is 24.5 Å². The second-order valence-electron chi connectivity index (χ2n) is 13.0. The van der Waals surface area contributed by atoms with Gasteiger partial charge in [0.25, 0.3) is 0 Å². The predicted octanol–water partition coefficient (Wildman–Crippen LogP) is 12.6. The molecule has 0 bridgehead atoms. The average Bonchev–Trinajstić information content (AvgIpc) is 3.93. The summed E-state index contributed by atoms with van der Waals surface area (Å²) in [5.74, 6) is 1.91. The van der Waals surface area contributed by atoms with E-state index in [4.69, 9.17) is 19.9 Å². The standard InChI is InChI=1S/C46H27N5S2/c1-2-13-28(14-3-1)43-48-44(29-15-10-16-30(27-29)51-37-23-7-4-17-31(37)32-18-5-8-24-38(32)51)50-45(49-43)34-20-12-26-40-41(34)33-19-11-21-35(42(33)52-40)46-47-36-22-6-9-25-39(36)53-46/h1-27H. The van der Waals surface area contributed by atoms with E-state index in [9.17, 15) is 0 Å². The Morgan fingerprint density at radius 3 is 1.83 bits per heavy atom. The van der Waals surface area contributed by atoms with E-state index in [0.29, 0.717) is 17.5 Å². The third kappa shape index (κ3) is 4.89. The van der Waals surface area contributed by atoms with Gasteiger partial charge in [-0.15, -0.1) is 22.7 Å². The zero-order valence-electron chi connectivity index (χ0n) is 28.1. The number of aromatic nitrogens is 5. The maximum Gasteiger partial charge on any atom is 0.164 e. The van der Waals surface area contributed by atoms with Crippen LogP contribution in [0.25, 0.3) is 103 Å². The van der Waals surface area contributed by atoms with E-state index >= 15 is 0 Å². The van der Waals surface area contributed by atoms with Crippen molar-refractivity contribution in [2.75, 3.05) is 0 Å². The van der Waals surface area contributed by atoms with Crippen LogP contribution in [0.15, 0.2) is 164 Å². The fraction of sp³-hybridized carbons (Fsp3) is 0. The normalized spacial score (nSPS) is 11.8. The molecule has 7 aromatic carbocycles. The maximum absolute atomic E-state index is 5.26. The predicted molar refractivity (Wildman–Crippen MR) is 222 cm³/mol. The molecule has 0 spiro atoms. The second kappa shape index (κ2) is 12.0. The van der Waals surface area contributed by atoms with Crippen LogP contribution in [-0.2, 0) is 0 Å². The Bertz CT molecular complexity index is 3110. The minimum atomic E-state index is 0.628. The van der Waals surface area contributed by atoms with Gasteiger partial charge in [0.2, 0.25) is 0 Å². The van der Waals surface area contributed by atoms with E-state index in [1.165, 1.54) is 30.3 Å². The molecule has 7 heteroatoms. The van der Waals surface area contributed by atoms with E-state index in [0.717, 1.165) is 54.9 Å². The van der Waals surface area contributed by atoms with Crippen LogP contribution >= 0.6 is 22.7 Å². The van der Waals surface area contributed by atoms with Crippen molar-refractivity contribution >= 4 is 74.9 Å². The molecule has 11 rings (SSSR count). The van der Waals surface area contributed by atoms with Gasteiger partial charge in [-0.1, -0.05) is 121 Å². The van der Waals surface area contributed by atoms with Crippen LogP contribution in [0, 0.1) is 0 Å². The van der Waals surface area contributed by atoms with Gasteiger partial charge in [-0.05, 0) is 42.5 Å². The second-order valence-corrected chi connectivity index (χ2v) is 15.1. The minimum Gasteiger partial charge on any atom is -0.309 e. The maximum atomic E-state index is 5.26. The van der Waals surface area contributed by atoms with Gasteiger partial charge >= 0.3 is 0 Å². The summed E-state index contributed by atoms with van der Waals surface area (Å²) < 4.78 is 5.91. The first kappa shape index (κ1) is 30.1. The number of para-hydroxylation sites is 3. The Morgan fingerprint density at radius 1 is 0.415 bits per heavy atom. The lowest BCUT2D eigenvalue weighted by Crippen LogP contribution is -2.01. The van der Waals surface area contributed by atoms with E-state index in [1.807, 2.05) is 24.3 Å². The number of nitrogens with zero attached hydrogens (tertiary/aromatic N) is 5. The SMILES string of the molecule is c1ccc(-c2nc(-c3cccc(-n4c5ccccc5c5ccccc54)c3)nc(-c3cccc4sc5c(-c6nc7ccccc7s6)cccc5c34)n2)cc1. The quantitative estimate of drug-likeness (QED) is 0.178. The first-order valence-electron chi connectivity index (χ1n) is 17.5. The van der Waals surface area contributed by atoms with Crippen molar-refractivity contribution in [3.05, 3.63) is 164 Å². The summed E-state index contributed by atoms with van der Waals surface area (Å²) in [5.41, 5.74) is 8.40. The molecule has 53 heavy (non-hydrogen) atoms. The number of benzene rings is 7. The molecular weight excluding hydrogens is 687 g/mol. The molecule has 0 fully saturated rings. The van der Waals surface area contributed by atoms with Gasteiger partial charge in [0.1, 0.15) is 5.01 Å². The Kier molecular flexibility index (Phi) is 6.83. The average molecular weight is 714 g/mol. The molecule has 248 valence electrons. The van der Waals surface area contributed by atoms with Gasteiger partial charge in [-0.3, -0.25) is 0 Å². The number of fused-ring (bicyclic) bond motifs is 7. The van der Waals surface area contributed by atoms with Gasteiger partial charge in [-0.2, -0.15) is 0 Å². The zero-order chi connectivity index (χ0) is 34.9. The molecule has 0 aliphatic rings. The highest BCUT2D eigenvalue weighted by Gasteiger charge is 2.20. The van der Waals surface area contributed by atoms with Crippen LogP contribution < -0.4 is 0 Å². The number of hydrogen-bond donors (Lipinski definition) is 0. The van der Waals surface area contributed by atoms with Crippen molar-refractivity contribution in [3.63, 3.8) is 0 Å². The Morgan fingerprint density at radius 2 is 1.02 bits per heavy atom. The molecule has 11 aromatic rings. The molecule has 0 amide bonds. The van der Waals surface area contributed by atoms with Crippen molar-refractivity contribution < 1.29 is 0 Å².